The molecule has 1 aromatic carbocycles. The fraction of sp³-hybridized carbons (Fsp3) is 0.500. The van der Waals surface area contributed by atoms with Gasteiger partial charge < -0.3 is 10.1 Å². The highest BCUT2D eigenvalue weighted by Crippen LogP contribution is 2.22. The molecular weight excluding hydrogens is 328 g/mol. The lowest BCUT2D eigenvalue weighted by Gasteiger charge is -2.19. The summed E-state index contributed by atoms with van der Waals surface area (Å²) in [5.41, 5.74) is 1.31. The third-order valence-electron chi connectivity index (χ3n) is 3.09. The van der Waals surface area contributed by atoms with Crippen molar-refractivity contribution in [3.63, 3.8) is 0 Å². The smallest absolute Gasteiger partial charge is 0.239 e. The summed E-state index contributed by atoms with van der Waals surface area (Å²) in [5, 5.41) is 3.22. The molecule has 8 heteroatoms. The van der Waals surface area contributed by atoms with Crippen LogP contribution in [-0.2, 0) is 19.6 Å². The fourth-order valence-electron chi connectivity index (χ4n) is 1.84. The number of carbonyl (C=O) groups is 1. The standard InChI is InChI=1S/C14H21ClN2O4S/c1-11-12(15)6-4-7-13(11)16-14(18)10-17(22(3,19)20)8-5-9-21-2/h4,6-7H,5,8-10H2,1-3H3,(H,16,18). The molecule has 1 amide bonds. The molecular formula is C14H21ClN2O4S. The number of methoxy groups -OCH3 is 1. The Morgan fingerprint density at radius 1 is 1.41 bits per heavy atom. The van der Waals surface area contributed by atoms with Gasteiger partial charge in [-0.15, -0.1) is 0 Å². The zero-order valence-electron chi connectivity index (χ0n) is 12.9. The molecule has 0 bridgehead atoms. The number of benzene rings is 1. The number of rotatable bonds is 8. The van der Waals surface area contributed by atoms with Crippen molar-refractivity contribution < 1.29 is 17.9 Å². The molecule has 22 heavy (non-hydrogen) atoms. The molecule has 1 rings (SSSR count). The Kier molecular flexibility index (Phi) is 7.28. The van der Waals surface area contributed by atoms with E-state index in [9.17, 15) is 13.2 Å². The number of nitrogens with zero attached hydrogens (tertiary/aromatic N) is 1. The second kappa shape index (κ2) is 8.47. The summed E-state index contributed by atoms with van der Waals surface area (Å²) in [6, 6.07) is 5.16. The Morgan fingerprint density at radius 2 is 2.09 bits per heavy atom. The van der Waals surface area contributed by atoms with Crippen LogP contribution in [-0.4, -0.2) is 51.7 Å². The summed E-state index contributed by atoms with van der Waals surface area (Å²) in [6.07, 6.45) is 1.60. The molecule has 124 valence electrons. The predicted molar refractivity (Wildman–Crippen MR) is 87.7 cm³/mol. The third-order valence-corrected chi connectivity index (χ3v) is 4.75. The molecule has 0 atom stereocenters. The number of hydrogen-bond donors (Lipinski definition) is 1. The highest BCUT2D eigenvalue weighted by atomic mass is 35.5. The van der Waals surface area contributed by atoms with Crippen LogP contribution in [0.15, 0.2) is 18.2 Å². The van der Waals surface area contributed by atoms with Crippen LogP contribution >= 0.6 is 11.6 Å². The lowest BCUT2D eigenvalue weighted by molar-refractivity contribution is -0.116. The first-order valence-corrected chi connectivity index (χ1v) is 8.97. The van der Waals surface area contributed by atoms with Crippen LogP contribution in [0.1, 0.15) is 12.0 Å². The number of carbonyl (C=O) groups excluding carboxylic acids is 1. The molecule has 0 spiro atoms. The van der Waals surface area contributed by atoms with E-state index in [4.69, 9.17) is 16.3 Å². The van der Waals surface area contributed by atoms with Gasteiger partial charge in [0.2, 0.25) is 15.9 Å². The van der Waals surface area contributed by atoms with Gasteiger partial charge in [-0.2, -0.15) is 4.31 Å². The topological polar surface area (TPSA) is 75.7 Å². The Balaban J connectivity index is 2.73. The minimum absolute atomic E-state index is 0.231. The lowest BCUT2D eigenvalue weighted by atomic mass is 10.2. The average molecular weight is 349 g/mol. The van der Waals surface area contributed by atoms with Crippen LogP contribution in [0.5, 0.6) is 0 Å². The Hall–Kier alpha value is -1.15. The minimum atomic E-state index is -3.46. The van der Waals surface area contributed by atoms with Crippen molar-refractivity contribution >= 4 is 33.2 Å². The number of sulfonamides is 1. The van der Waals surface area contributed by atoms with Gasteiger partial charge in [0.1, 0.15) is 0 Å². The molecule has 0 fully saturated rings. The van der Waals surface area contributed by atoms with Crippen molar-refractivity contribution in [2.24, 2.45) is 0 Å². The van der Waals surface area contributed by atoms with Gasteiger partial charge in [0.15, 0.2) is 0 Å². The molecule has 0 aromatic heterocycles. The Labute approximate surface area is 136 Å². The van der Waals surface area contributed by atoms with E-state index >= 15 is 0 Å². The zero-order valence-corrected chi connectivity index (χ0v) is 14.5. The molecule has 0 unspecified atom stereocenters. The molecule has 0 aliphatic carbocycles. The van der Waals surface area contributed by atoms with Crippen LogP contribution < -0.4 is 5.32 Å². The van der Waals surface area contributed by atoms with E-state index in [-0.39, 0.29) is 13.1 Å². The van der Waals surface area contributed by atoms with E-state index in [1.165, 1.54) is 0 Å². The van der Waals surface area contributed by atoms with Gasteiger partial charge in [0.25, 0.3) is 0 Å². The Morgan fingerprint density at radius 3 is 2.68 bits per heavy atom. The third kappa shape index (κ3) is 5.92. The fourth-order valence-corrected chi connectivity index (χ4v) is 2.83. The van der Waals surface area contributed by atoms with Crippen molar-refractivity contribution in [3.05, 3.63) is 28.8 Å². The number of ether oxygens (including phenoxy) is 1. The van der Waals surface area contributed by atoms with Gasteiger partial charge in [-0.1, -0.05) is 17.7 Å². The van der Waals surface area contributed by atoms with Gasteiger partial charge in [0, 0.05) is 31.0 Å². The number of halogens is 1. The first-order valence-electron chi connectivity index (χ1n) is 6.74. The molecule has 1 aromatic rings. The highest BCUT2D eigenvalue weighted by Gasteiger charge is 2.20. The molecule has 0 heterocycles. The van der Waals surface area contributed by atoms with E-state index < -0.39 is 15.9 Å². The molecule has 1 N–H and O–H groups in total. The van der Waals surface area contributed by atoms with E-state index in [1.807, 2.05) is 0 Å². The van der Waals surface area contributed by atoms with E-state index in [0.717, 1.165) is 16.1 Å². The first kappa shape index (κ1) is 18.9. The van der Waals surface area contributed by atoms with E-state index in [1.54, 1.807) is 32.2 Å². The number of anilines is 1. The maximum Gasteiger partial charge on any atom is 0.239 e. The van der Waals surface area contributed by atoms with Crippen LogP contribution in [0.4, 0.5) is 5.69 Å². The van der Waals surface area contributed by atoms with Crippen LogP contribution in [0.2, 0.25) is 5.02 Å². The van der Waals surface area contributed by atoms with Gasteiger partial charge in [-0.25, -0.2) is 8.42 Å². The maximum absolute atomic E-state index is 12.1. The normalized spacial score (nSPS) is 11.7. The molecule has 6 nitrogen and oxygen atoms in total. The minimum Gasteiger partial charge on any atom is -0.385 e. The van der Waals surface area contributed by atoms with Crippen molar-refractivity contribution in [2.45, 2.75) is 13.3 Å². The summed E-state index contributed by atoms with van der Waals surface area (Å²) in [7, 11) is -1.92. The van der Waals surface area contributed by atoms with Crippen molar-refractivity contribution in [1.82, 2.24) is 4.31 Å². The van der Waals surface area contributed by atoms with Crippen molar-refractivity contribution in [2.75, 3.05) is 38.4 Å². The maximum atomic E-state index is 12.1. The van der Waals surface area contributed by atoms with Crippen LogP contribution in [0, 0.1) is 6.92 Å². The summed E-state index contributed by atoms with van der Waals surface area (Å²) >= 11 is 5.99. The molecule has 0 aliphatic heterocycles. The molecule has 0 aliphatic rings. The van der Waals surface area contributed by atoms with Crippen LogP contribution in [0.3, 0.4) is 0 Å². The quantitative estimate of drug-likeness (QED) is 0.728. The van der Waals surface area contributed by atoms with Gasteiger partial charge in [0.05, 0.1) is 12.8 Å². The van der Waals surface area contributed by atoms with Crippen LogP contribution in [0.25, 0.3) is 0 Å². The van der Waals surface area contributed by atoms with E-state index in [0.29, 0.717) is 23.7 Å². The average Bonchev–Trinajstić information content (AvgIpc) is 2.42. The van der Waals surface area contributed by atoms with Gasteiger partial charge in [-0.3, -0.25) is 4.79 Å². The second-order valence-electron chi connectivity index (χ2n) is 4.90. The number of nitrogens with one attached hydrogen (secondary N) is 1. The van der Waals surface area contributed by atoms with Gasteiger partial charge >= 0.3 is 0 Å². The largest absolute Gasteiger partial charge is 0.385 e. The first-order chi connectivity index (χ1) is 10.3. The summed E-state index contributed by atoms with van der Waals surface area (Å²) in [4.78, 5) is 12.1. The molecule has 0 saturated heterocycles. The molecule has 0 saturated carbocycles. The Bertz CT molecular complexity index is 619. The summed E-state index contributed by atoms with van der Waals surface area (Å²) < 4.78 is 29.5. The van der Waals surface area contributed by atoms with Crippen molar-refractivity contribution in [1.29, 1.82) is 0 Å². The number of amides is 1. The SMILES string of the molecule is COCCCN(CC(=O)Nc1cccc(Cl)c1C)S(C)(=O)=O. The second-order valence-corrected chi connectivity index (χ2v) is 7.29. The monoisotopic (exact) mass is 348 g/mol. The molecule has 0 radical (unpaired) electrons. The number of hydrogen-bond acceptors (Lipinski definition) is 4. The lowest BCUT2D eigenvalue weighted by Crippen LogP contribution is -2.38. The zero-order chi connectivity index (χ0) is 16.8. The highest BCUT2D eigenvalue weighted by molar-refractivity contribution is 7.88. The summed E-state index contributed by atoms with van der Waals surface area (Å²) in [5.74, 6) is -0.409. The predicted octanol–water partition coefficient (Wildman–Crippen LogP) is 1.89. The van der Waals surface area contributed by atoms with E-state index in [2.05, 4.69) is 5.32 Å². The van der Waals surface area contributed by atoms with Crippen molar-refractivity contribution in [3.8, 4) is 0 Å². The summed E-state index contributed by atoms with van der Waals surface area (Å²) in [6.45, 7) is 2.20. The van der Waals surface area contributed by atoms with Gasteiger partial charge in [-0.05, 0) is 31.0 Å².